The van der Waals surface area contributed by atoms with Gasteiger partial charge in [0.1, 0.15) is 6.04 Å². The first kappa shape index (κ1) is 14.0. The van der Waals surface area contributed by atoms with Crippen molar-refractivity contribution >= 4 is 15.9 Å². The Kier molecular flexibility index (Phi) is 3.64. The lowest BCUT2D eigenvalue weighted by molar-refractivity contribution is -0.122. The van der Waals surface area contributed by atoms with Crippen molar-refractivity contribution in [3.8, 4) is 0 Å². The molecule has 1 aromatic rings. The highest BCUT2D eigenvalue weighted by Gasteiger charge is 2.38. The van der Waals surface area contributed by atoms with Crippen molar-refractivity contribution in [3.63, 3.8) is 0 Å². The maximum Gasteiger partial charge on any atom is 0.236 e. The van der Waals surface area contributed by atoms with Crippen LogP contribution in [0.5, 0.6) is 0 Å². The van der Waals surface area contributed by atoms with Crippen LogP contribution >= 0.6 is 0 Å². The number of hydrogen-bond donors (Lipinski definition) is 1. The Balaban J connectivity index is 2.46. The summed E-state index contributed by atoms with van der Waals surface area (Å²) in [4.78, 5) is 11.6. The Labute approximate surface area is 113 Å². The minimum atomic E-state index is -3.50. The number of benzene rings is 1. The van der Waals surface area contributed by atoms with Gasteiger partial charge in [0.2, 0.25) is 15.9 Å². The molecule has 0 saturated carbocycles. The van der Waals surface area contributed by atoms with Gasteiger partial charge in [0, 0.05) is 6.54 Å². The number of nitrogens with two attached hydrogens (primary N) is 1. The molecule has 0 aliphatic carbocycles. The molecule has 19 heavy (non-hydrogen) atoms. The molecule has 104 valence electrons. The third kappa shape index (κ3) is 2.50. The van der Waals surface area contributed by atoms with E-state index in [1.54, 1.807) is 13.8 Å². The topological polar surface area (TPSA) is 80.5 Å². The fourth-order valence-corrected chi connectivity index (χ4v) is 3.67. The van der Waals surface area contributed by atoms with Crippen molar-refractivity contribution in [2.45, 2.75) is 38.1 Å². The fraction of sp³-hybridized carbons (Fsp3) is 0.462. The van der Waals surface area contributed by atoms with Gasteiger partial charge in [0.05, 0.1) is 5.25 Å². The second kappa shape index (κ2) is 4.94. The van der Waals surface area contributed by atoms with Gasteiger partial charge >= 0.3 is 0 Å². The normalized spacial score (nSPS) is 20.3. The van der Waals surface area contributed by atoms with Gasteiger partial charge in [-0.05, 0) is 31.4 Å². The molecule has 5 nitrogen and oxygen atoms in total. The smallest absolute Gasteiger partial charge is 0.236 e. The molecule has 6 heteroatoms. The van der Waals surface area contributed by atoms with Crippen LogP contribution < -0.4 is 5.73 Å². The molecule has 0 radical (unpaired) electrons. The van der Waals surface area contributed by atoms with Crippen LogP contribution in [0, 0.1) is 0 Å². The molecule has 0 unspecified atom stereocenters. The van der Waals surface area contributed by atoms with Crippen molar-refractivity contribution in [1.82, 2.24) is 4.31 Å². The minimum absolute atomic E-state index is 0.213. The summed E-state index contributed by atoms with van der Waals surface area (Å²) in [6.07, 6.45) is 0.345. The molecule has 1 amide bonds. The zero-order valence-electron chi connectivity index (χ0n) is 11.0. The van der Waals surface area contributed by atoms with Crippen LogP contribution in [0.15, 0.2) is 24.3 Å². The quantitative estimate of drug-likeness (QED) is 0.883. The van der Waals surface area contributed by atoms with Gasteiger partial charge in [-0.25, -0.2) is 8.42 Å². The molecular weight excluding hydrogens is 264 g/mol. The standard InChI is InChI=1S/C13H18N2O3S/c1-9(2)19(17,18)15-8-11-6-4-3-5-10(11)7-12(15)13(14)16/h3-6,9,12H,7-8H2,1-2H3,(H2,14,16)/t12-/m0/s1. The predicted octanol–water partition coefficient (Wildman–Crippen LogP) is 0.637. The van der Waals surface area contributed by atoms with Crippen LogP contribution in [-0.4, -0.2) is 29.9 Å². The van der Waals surface area contributed by atoms with Gasteiger partial charge in [-0.1, -0.05) is 24.3 Å². The monoisotopic (exact) mass is 282 g/mol. The zero-order chi connectivity index (χ0) is 14.2. The molecule has 1 atom stereocenters. The first-order valence-electron chi connectivity index (χ1n) is 6.20. The molecule has 2 rings (SSSR count). The van der Waals surface area contributed by atoms with Gasteiger partial charge in [-0.2, -0.15) is 4.31 Å². The third-order valence-corrected chi connectivity index (χ3v) is 5.69. The largest absolute Gasteiger partial charge is 0.368 e. The lowest BCUT2D eigenvalue weighted by atomic mass is 9.96. The summed E-state index contributed by atoms with van der Waals surface area (Å²) >= 11 is 0. The summed E-state index contributed by atoms with van der Waals surface area (Å²) in [6.45, 7) is 3.42. The highest BCUT2D eigenvalue weighted by Crippen LogP contribution is 2.27. The molecule has 2 N–H and O–H groups in total. The van der Waals surface area contributed by atoms with E-state index in [4.69, 9.17) is 5.73 Å². The summed E-state index contributed by atoms with van der Waals surface area (Å²) in [5.74, 6) is -0.598. The zero-order valence-corrected chi connectivity index (χ0v) is 11.9. The van der Waals surface area contributed by atoms with Gasteiger partial charge < -0.3 is 5.73 Å². The number of sulfonamides is 1. The van der Waals surface area contributed by atoms with Crippen molar-refractivity contribution in [2.24, 2.45) is 5.73 Å². The first-order chi connectivity index (χ1) is 8.84. The number of hydrogen-bond acceptors (Lipinski definition) is 3. The molecule has 1 aliphatic rings. The van der Waals surface area contributed by atoms with E-state index in [1.165, 1.54) is 4.31 Å². The van der Waals surface area contributed by atoms with E-state index in [2.05, 4.69) is 0 Å². The van der Waals surface area contributed by atoms with Gasteiger partial charge in [0.15, 0.2) is 0 Å². The summed E-state index contributed by atoms with van der Waals surface area (Å²) < 4.78 is 25.9. The second-order valence-corrected chi connectivity index (χ2v) is 7.47. The van der Waals surface area contributed by atoms with E-state index in [9.17, 15) is 13.2 Å². The first-order valence-corrected chi connectivity index (χ1v) is 7.71. The Morgan fingerprint density at radius 1 is 1.32 bits per heavy atom. The number of nitrogens with zero attached hydrogens (tertiary/aromatic N) is 1. The molecule has 0 spiro atoms. The van der Waals surface area contributed by atoms with Gasteiger partial charge in [-0.3, -0.25) is 4.79 Å². The third-order valence-electron chi connectivity index (χ3n) is 3.46. The van der Waals surface area contributed by atoms with Crippen LogP contribution in [0.1, 0.15) is 25.0 Å². The molecule has 0 bridgehead atoms. The molecular formula is C13H18N2O3S. The number of fused-ring (bicyclic) bond motifs is 1. The van der Waals surface area contributed by atoms with Crippen LogP contribution in [0.4, 0.5) is 0 Å². The minimum Gasteiger partial charge on any atom is -0.368 e. The van der Waals surface area contributed by atoms with Gasteiger partial charge in [-0.15, -0.1) is 0 Å². The summed E-state index contributed by atoms with van der Waals surface area (Å²) in [5, 5.41) is -0.570. The molecule has 0 fully saturated rings. The van der Waals surface area contributed by atoms with Crippen molar-refractivity contribution in [2.75, 3.05) is 0 Å². The molecule has 0 saturated heterocycles. The summed E-state index contributed by atoms with van der Waals surface area (Å²) in [7, 11) is -3.50. The second-order valence-electron chi connectivity index (χ2n) is 5.03. The van der Waals surface area contributed by atoms with Crippen molar-refractivity contribution in [3.05, 3.63) is 35.4 Å². The number of carbonyl (C=O) groups excluding carboxylic acids is 1. The van der Waals surface area contributed by atoms with E-state index in [0.29, 0.717) is 6.42 Å². The number of primary amides is 1. The van der Waals surface area contributed by atoms with Crippen molar-refractivity contribution < 1.29 is 13.2 Å². The van der Waals surface area contributed by atoms with Crippen molar-refractivity contribution in [1.29, 1.82) is 0 Å². The summed E-state index contributed by atoms with van der Waals surface area (Å²) in [6, 6.07) is 6.75. The lowest BCUT2D eigenvalue weighted by Gasteiger charge is -2.35. The van der Waals surface area contributed by atoms with E-state index in [1.807, 2.05) is 24.3 Å². The highest BCUT2D eigenvalue weighted by atomic mass is 32.2. The Bertz CT molecular complexity index is 596. The lowest BCUT2D eigenvalue weighted by Crippen LogP contribution is -2.52. The van der Waals surface area contributed by atoms with E-state index >= 15 is 0 Å². The van der Waals surface area contributed by atoms with Crippen LogP contribution in [0.25, 0.3) is 0 Å². The predicted molar refractivity (Wildman–Crippen MR) is 72.7 cm³/mol. The number of rotatable bonds is 3. The van der Waals surface area contributed by atoms with Crippen LogP contribution in [0.2, 0.25) is 0 Å². The Morgan fingerprint density at radius 3 is 2.42 bits per heavy atom. The fourth-order valence-electron chi connectivity index (χ4n) is 2.28. The van der Waals surface area contributed by atoms with Gasteiger partial charge in [0.25, 0.3) is 0 Å². The number of amides is 1. The van der Waals surface area contributed by atoms with E-state index in [-0.39, 0.29) is 6.54 Å². The molecule has 1 aromatic carbocycles. The Morgan fingerprint density at radius 2 is 1.89 bits per heavy atom. The number of carbonyl (C=O) groups is 1. The maximum absolute atomic E-state index is 12.3. The SMILES string of the molecule is CC(C)S(=O)(=O)N1Cc2ccccc2C[C@H]1C(N)=O. The average Bonchev–Trinajstić information content (AvgIpc) is 2.36. The maximum atomic E-state index is 12.3. The molecule has 0 aromatic heterocycles. The summed E-state index contributed by atoms with van der Waals surface area (Å²) in [5.41, 5.74) is 7.29. The van der Waals surface area contributed by atoms with E-state index < -0.39 is 27.2 Å². The van der Waals surface area contributed by atoms with Crippen LogP contribution in [0.3, 0.4) is 0 Å². The van der Waals surface area contributed by atoms with Crippen LogP contribution in [-0.2, 0) is 27.8 Å². The average molecular weight is 282 g/mol. The molecule has 1 aliphatic heterocycles. The van der Waals surface area contributed by atoms with E-state index in [0.717, 1.165) is 11.1 Å². The Hall–Kier alpha value is -1.40. The highest BCUT2D eigenvalue weighted by molar-refractivity contribution is 7.89. The molecule has 1 heterocycles.